The Kier molecular flexibility index (Phi) is 7.57. The van der Waals surface area contributed by atoms with Crippen molar-refractivity contribution in [3.63, 3.8) is 0 Å². The van der Waals surface area contributed by atoms with Crippen molar-refractivity contribution in [3.8, 4) is 17.2 Å². The number of rotatable bonds is 7. The summed E-state index contributed by atoms with van der Waals surface area (Å²) < 4.78 is 24.1. The fourth-order valence-electron chi connectivity index (χ4n) is 5.48. The van der Waals surface area contributed by atoms with E-state index in [0.717, 1.165) is 5.56 Å². The molecule has 1 aliphatic rings. The minimum Gasteiger partial charge on any atom is -0.493 e. The molecule has 0 bridgehead atoms. The highest BCUT2D eigenvalue weighted by atomic mass is 28.4. The summed E-state index contributed by atoms with van der Waals surface area (Å²) in [4.78, 5) is 13.6. The SMILES string of the molecule is COc1cc2c(c(OC)c1OC)CC[C@@H](O[Si](c1ccccc1)(c1ccccc1)C(C)(C)C)CC2=O. The molecule has 0 aliphatic heterocycles. The number of carbonyl (C=O) groups excluding carboxylic acids is 1. The van der Waals surface area contributed by atoms with Gasteiger partial charge in [-0.2, -0.15) is 0 Å². The molecule has 5 nitrogen and oxygen atoms in total. The highest BCUT2D eigenvalue weighted by molar-refractivity contribution is 6.99. The lowest BCUT2D eigenvalue weighted by molar-refractivity contribution is 0.0898. The van der Waals surface area contributed by atoms with E-state index in [0.29, 0.717) is 42.1 Å². The largest absolute Gasteiger partial charge is 0.493 e. The van der Waals surface area contributed by atoms with Crippen molar-refractivity contribution < 1.29 is 23.4 Å². The molecule has 0 radical (unpaired) electrons. The lowest BCUT2D eigenvalue weighted by Crippen LogP contribution is -2.67. The van der Waals surface area contributed by atoms with Gasteiger partial charge in [0.15, 0.2) is 17.3 Å². The molecule has 6 heteroatoms. The summed E-state index contributed by atoms with van der Waals surface area (Å²) >= 11 is 0. The van der Waals surface area contributed by atoms with Crippen molar-refractivity contribution in [2.24, 2.45) is 0 Å². The third-order valence-corrected chi connectivity index (χ3v) is 12.2. The molecule has 0 spiro atoms. The normalized spacial score (nSPS) is 16.2. The Morgan fingerprint density at radius 2 is 1.36 bits per heavy atom. The van der Waals surface area contributed by atoms with Crippen LogP contribution in [0.3, 0.4) is 0 Å². The Balaban J connectivity index is 1.80. The lowest BCUT2D eigenvalue weighted by Gasteiger charge is -2.45. The molecule has 1 aliphatic carbocycles. The van der Waals surface area contributed by atoms with E-state index in [1.807, 2.05) is 12.1 Å². The number of hydrogen-bond acceptors (Lipinski definition) is 5. The molecule has 0 fully saturated rings. The molecule has 3 aromatic rings. The van der Waals surface area contributed by atoms with Crippen molar-refractivity contribution in [1.29, 1.82) is 0 Å². The fraction of sp³-hybridized carbons (Fsp3) is 0.367. The molecule has 0 unspecified atom stereocenters. The van der Waals surface area contributed by atoms with E-state index >= 15 is 0 Å². The van der Waals surface area contributed by atoms with Crippen LogP contribution in [0.15, 0.2) is 66.7 Å². The molecule has 0 heterocycles. The number of ketones is 1. The maximum Gasteiger partial charge on any atom is 0.261 e. The highest BCUT2D eigenvalue weighted by Crippen LogP contribution is 2.45. The summed E-state index contributed by atoms with van der Waals surface area (Å²) in [5.41, 5.74) is 1.48. The van der Waals surface area contributed by atoms with E-state index in [1.54, 1.807) is 27.4 Å². The number of carbonyl (C=O) groups is 1. The topological polar surface area (TPSA) is 54.0 Å². The molecule has 0 saturated carbocycles. The number of hydrogen-bond donors (Lipinski definition) is 0. The van der Waals surface area contributed by atoms with Gasteiger partial charge >= 0.3 is 0 Å². The average Bonchev–Trinajstić information content (AvgIpc) is 3.04. The molecule has 4 rings (SSSR count). The summed E-state index contributed by atoms with van der Waals surface area (Å²) in [6, 6.07) is 22.9. The first-order chi connectivity index (χ1) is 17.3. The lowest BCUT2D eigenvalue weighted by atomic mass is 9.99. The van der Waals surface area contributed by atoms with E-state index in [1.165, 1.54) is 10.4 Å². The van der Waals surface area contributed by atoms with Crippen LogP contribution in [0.4, 0.5) is 0 Å². The minimum absolute atomic E-state index is 0.0321. The van der Waals surface area contributed by atoms with Gasteiger partial charge in [-0.1, -0.05) is 81.4 Å². The van der Waals surface area contributed by atoms with Gasteiger partial charge in [0.2, 0.25) is 5.75 Å². The van der Waals surface area contributed by atoms with Crippen molar-refractivity contribution in [2.75, 3.05) is 21.3 Å². The predicted octanol–water partition coefficient (Wildman–Crippen LogP) is 5.18. The number of fused-ring (bicyclic) bond motifs is 1. The van der Waals surface area contributed by atoms with Gasteiger partial charge in [-0.15, -0.1) is 0 Å². The standard InChI is InChI=1S/C30H36O5Si/c1-30(2,3)36(22-13-9-7-10-14-22,23-15-11-8-12-16-23)35-21-17-18-24-25(26(31)19-21)20-27(32-4)29(34-6)28(24)33-5/h7-16,20-21H,17-19H2,1-6H3/t21-/m1/s1. The molecular formula is C30H36O5Si. The number of benzene rings is 3. The van der Waals surface area contributed by atoms with Crippen LogP contribution >= 0.6 is 0 Å². The zero-order chi connectivity index (χ0) is 25.9. The van der Waals surface area contributed by atoms with Gasteiger partial charge < -0.3 is 18.6 Å². The predicted molar refractivity (Wildman–Crippen MR) is 146 cm³/mol. The first-order valence-electron chi connectivity index (χ1n) is 12.4. The monoisotopic (exact) mass is 504 g/mol. The number of Topliss-reactive ketones (excluding diaryl/α,β-unsaturated/α-hetero) is 1. The van der Waals surface area contributed by atoms with Crippen LogP contribution in [-0.4, -0.2) is 41.5 Å². The Morgan fingerprint density at radius 3 is 1.83 bits per heavy atom. The molecule has 3 aromatic carbocycles. The molecule has 1 atom stereocenters. The van der Waals surface area contributed by atoms with Gasteiger partial charge in [0.25, 0.3) is 8.32 Å². The fourth-order valence-corrected chi connectivity index (χ4v) is 10.2. The molecule has 0 N–H and O–H groups in total. The van der Waals surface area contributed by atoms with Crippen LogP contribution in [0.1, 0.15) is 49.5 Å². The summed E-state index contributed by atoms with van der Waals surface area (Å²) in [6.07, 6.45) is 1.41. The van der Waals surface area contributed by atoms with Crippen LogP contribution in [0, 0.1) is 0 Å². The van der Waals surface area contributed by atoms with Crippen LogP contribution in [0.25, 0.3) is 0 Å². The van der Waals surface area contributed by atoms with Crippen molar-refractivity contribution in [2.45, 2.75) is 51.2 Å². The maximum atomic E-state index is 13.6. The van der Waals surface area contributed by atoms with Crippen molar-refractivity contribution >= 4 is 24.5 Å². The van der Waals surface area contributed by atoms with Crippen molar-refractivity contribution in [1.82, 2.24) is 0 Å². The zero-order valence-electron chi connectivity index (χ0n) is 22.1. The van der Waals surface area contributed by atoms with E-state index < -0.39 is 8.32 Å². The van der Waals surface area contributed by atoms with E-state index in [-0.39, 0.29) is 16.9 Å². The van der Waals surface area contributed by atoms with Crippen LogP contribution in [0.5, 0.6) is 17.2 Å². The van der Waals surface area contributed by atoms with E-state index in [2.05, 4.69) is 69.3 Å². The third kappa shape index (κ3) is 4.55. The number of ether oxygens (including phenoxy) is 3. The Hall–Kier alpha value is -3.09. The molecular weight excluding hydrogens is 468 g/mol. The first-order valence-corrected chi connectivity index (χ1v) is 14.3. The Morgan fingerprint density at radius 1 is 0.806 bits per heavy atom. The minimum atomic E-state index is -2.78. The molecule has 190 valence electrons. The van der Waals surface area contributed by atoms with Crippen molar-refractivity contribution in [3.05, 3.63) is 77.9 Å². The van der Waals surface area contributed by atoms with E-state index in [4.69, 9.17) is 18.6 Å². The molecule has 0 amide bonds. The second-order valence-electron chi connectivity index (χ2n) is 10.2. The van der Waals surface area contributed by atoms with Crippen LogP contribution in [-0.2, 0) is 10.8 Å². The van der Waals surface area contributed by atoms with Gasteiger partial charge in [0, 0.05) is 17.5 Å². The van der Waals surface area contributed by atoms with Gasteiger partial charge in [0.05, 0.1) is 27.4 Å². The quantitative estimate of drug-likeness (QED) is 0.328. The maximum absolute atomic E-state index is 13.6. The number of methoxy groups -OCH3 is 3. The smallest absolute Gasteiger partial charge is 0.261 e. The van der Waals surface area contributed by atoms with Gasteiger partial charge in [0.1, 0.15) is 0 Å². The summed E-state index contributed by atoms with van der Waals surface area (Å²) in [6.45, 7) is 6.77. The Labute approximate surface area is 215 Å². The second kappa shape index (κ2) is 10.5. The van der Waals surface area contributed by atoms with Crippen LogP contribution < -0.4 is 24.6 Å². The highest BCUT2D eigenvalue weighted by Gasteiger charge is 2.51. The summed E-state index contributed by atoms with van der Waals surface area (Å²) in [5.74, 6) is 1.60. The van der Waals surface area contributed by atoms with Gasteiger partial charge in [-0.25, -0.2) is 0 Å². The molecule has 36 heavy (non-hydrogen) atoms. The summed E-state index contributed by atoms with van der Waals surface area (Å²) in [7, 11) is 1.97. The second-order valence-corrected chi connectivity index (χ2v) is 14.5. The van der Waals surface area contributed by atoms with E-state index in [9.17, 15) is 4.79 Å². The average molecular weight is 505 g/mol. The molecule has 0 aromatic heterocycles. The van der Waals surface area contributed by atoms with Crippen LogP contribution in [0.2, 0.25) is 5.04 Å². The Bertz CT molecular complexity index is 1160. The van der Waals surface area contributed by atoms with Gasteiger partial charge in [-0.3, -0.25) is 4.79 Å². The van der Waals surface area contributed by atoms with Gasteiger partial charge in [-0.05, 0) is 34.3 Å². The first kappa shape index (κ1) is 26.0. The zero-order valence-corrected chi connectivity index (χ0v) is 23.1. The third-order valence-electron chi connectivity index (χ3n) is 7.12. The summed E-state index contributed by atoms with van der Waals surface area (Å²) in [5, 5.41) is 2.25. The molecule has 0 saturated heterocycles.